The number of anilines is 1. The molecule has 3 heterocycles. The fourth-order valence-corrected chi connectivity index (χ4v) is 6.29. The number of carbonyl (C=O) groups is 3. The van der Waals surface area contributed by atoms with Gasteiger partial charge in [-0.05, 0) is 55.2 Å². The number of piperidine rings is 1. The van der Waals surface area contributed by atoms with E-state index in [0.717, 1.165) is 61.8 Å². The number of piperazine rings is 1. The Morgan fingerprint density at radius 1 is 0.830 bits per heavy atom. The molecule has 2 aliphatic rings. The molecule has 4 aromatic rings. The van der Waals surface area contributed by atoms with Crippen LogP contribution in [0.4, 0.5) is 5.69 Å². The molecule has 244 valence electrons. The third-order valence-corrected chi connectivity index (χ3v) is 8.97. The maximum atomic E-state index is 14.0. The molecule has 0 unspecified atom stereocenters. The summed E-state index contributed by atoms with van der Waals surface area (Å²) in [4.78, 5) is 59.2. The first-order chi connectivity index (χ1) is 22.7. The molecule has 47 heavy (non-hydrogen) atoms. The number of carbonyl (C=O) groups excluding carboxylic acids is 3. The van der Waals surface area contributed by atoms with E-state index >= 15 is 0 Å². The smallest absolute Gasteiger partial charge is 0.287 e. The van der Waals surface area contributed by atoms with Crippen LogP contribution in [0, 0.1) is 0 Å². The van der Waals surface area contributed by atoms with Gasteiger partial charge < -0.3 is 34.6 Å². The van der Waals surface area contributed by atoms with E-state index < -0.39 is 28.9 Å². The molecule has 2 saturated heterocycles. The van der Waals surface area contributed by atoms with Gasteiger partial charge in [0.1, 0.15) is 11.6 Å². The van der Waals surface area contributed by atoms with E-state index in [0.29, 0.717) is 36.8 Å². The Labute approximate surface area is 275 Å². The van der Waals surface area contributed by atoms with Gasteiger partial charge in [0.2, 0.25) is 5.91 Å². The summed E-state index contributed by atoms with van der Waals surface area (Å²) in [7, 11) is 0. The van der Waals surface area contributed by atoms with Crippen molar-refractivity contribution in [3.05, 3.63) is 98.9 Å². The molecular formula is C35H35ClN4O7. The maximum absolute atomic E-state index is 14.0. The standard InChI is InChI=1S/C35H35ClN4O7/c36-23-10-8-22(9-11-23)18-26(37-33(44)32-20-28(41)25-19-29(42)30(43)21-31(25)47-32)35(46)40-16-14-38(15-17-40)27-7-3-2-6-24(27)34(45)39-12-4-1-5-13-39/h2-3,6-11,19-21,26,42-43H,1,4-5,12-18H2,(H,37,44)/t26-/m1/s1. The highest BCUT2D eigenvalue weighted by Gasteiger charge is 2.31. The Hall–Kier alpha value is -5.03. The lowest BCUT2D eigenvalue weighted by Crippen LogP contribution is -2.56. The second-order valence-electron chi connectivity index (χ2n) is 11.9. The van der Waals surface area contributed by atoms with Crippen LogP contribution in [0.25, 0.3) is 11.0 Å². The molecule has 2 aliphatic heterocycles. The SMILES string of the molecule is O=C(N[C@H](Cc1ccc(Cl)cc1)C(=O)N1CCN(c2ccccc2C(=O)N2CCCCC2)CC1)c1cc(=O)c2cc(O)c(O)cc2o1. The number of para-hydroxylation sites is 1. The zero-order chi connectivity index (χ0) is 33.1. The van der Waals surface area contributed by atoms with E-state index in [1.807, 2.05) is 29.2 Å². The number of benzene rings is 3. The van der Waals surface area contributed by atoms with Crippen LogP contribution in [0.1, 0.15) is 45.7 Å². The molecule has 0 bridgehead atoms. The number of phenolic OH excluding ortho intramolecular Hbond substituents is 2. The van der Waals surface area contributed by atoms with E-state index in [4.69, 9.17) is 16.0 Å². The van der Waals surface area contributed by atoms with Crippen molar-refractivity contribution in [3.8, 4) is 11.5 Å². The highest BCUT2D eigenvalue weighted by Crippen LogP contribution is 2.29. The van der Waals surface area contributed by atoms with Gasteiger partial charge in [-0.1, -0.05) is 35.9 Å². The minimum atomic E-state index is -1.00. The summed E-state index contributed by atoms with van der Waals surface area (Å²) in [6.45, 7) is 3.23. The number of hydrogen-bond donors (Lipinski definition) is 3. The number of aromatic hydroxyl groups is 2. The first-order valence-electron chi connectivity index (χ1n) is 15.6. The fraction of sp³-hybridized carbons (Fsp3) is 0.314. The second kappa shape index (κ2) is 13.8. The molecule has 3 N–H and O–H groups in total. The first-order valence-corrected chi connectivity index (χ1v) is 16.0. The molecule has 0 radical (unpaired) electrons. The van der Waals surface area contributed by atoms with Crippen molar-refractivity contribution in [2.75, 3.05) is 44.2 Å². The van der Waals surface area contributed by atoms with Gasteiger partial charge in [0, 0.05) is 68.5 Å². The predicted octanol–water partition coefficient (Wildman–Crippen LogP) is 4.17. The van der Waals surface area contributed by atoms with Gasteiger partial charge in [0.25, 0.3) is 11.8 Å². The summed E-state index contributed by atoms with van der Waals surface area (Å²) in [5, 5.41) is 22.9. The van der Waals surface area contributed by atoms with Crippen molar-refractivity contribution in [3.63, 3.8) is 0 Å². The lowest BCUT2D eigenvalue weighted by atomic mass is 10.0. The number of phenols is 2. The molecule has 3 amide bonds. The number of nitrogens with one attached hydrogen (secondary N) is 1. The molecule has 2 fully saturated rings. The van der Waals surface area contributed by atoms with Crippen LogP contribution >= 0.6 is 11.6 Å². The lowest BCUT2D eigenvalue weighted by Gasteiger charge is -2.38. The Morgan fingerprint density at radius 3 is 2.23 bits per heavy atom. The minimum absolute atomic E-state index is 0.0114. The fourth-order valence-electron chi connectivity index (χ4n) is 6.16. The van der Waals surface area contributed by atoms with Crippen LogP contribution in [0.5, 0.6) is 11.5 Å². The summed E-state index contributed by atoms with van der Waals surface area (Å²) in [5.74, 6) is -2.42. The van der Waals surface area contributed by atoms with E-state index in [1.165, 1.54) is 0 Å². The third-order valence-electron chi connectivity index (χ3n) is 8.71. The van der Waals surface area contributed by atoms with Crippen LogP contribution < -0.4 is 15.6 Å². The van der Waals surface area contributed by atoms with Crippen LogP contribution in [-0.2, 0) is 11.2 Å². The number of fused-ring (bicyclic) bond motifs is 1. The van der Waals surface area contributed by atoms with Gasteiger partial charge in [-0.15, -0.1) is 0 Å². The number of nitrogens with zero attached hydrogens (tertiary/aromatic N) is 3. The lowest BCUT2D eigenvalue weighted by molar-refractivity contribution is -0.133. The predicted molar refractivity (Wildman–Crippen MR) is 177 cm³/mol. The highest BCUT2D eigenvalue weighted by molar-refractivity contribution is 6.30. The second-order valence-corrected chi connectivity index (χ2v) is 12.3. The van der Waals surface area contributed by atoms with Crippen molar-refractivity contribution < 1.29 is 29.0 Å². The maximum Gasteiger partial charge on any atom is 0.287 e. The summed E-state index contributed by atoms with van der Waals surface area (Å²) in [5.41, 5.74) is 1.57. The third kappa shape index (κ3) is 7.05. The molecule has 1 atom stereocenters. The van der Waals surface area contributed by atoms with Crippen molar-refractivity contribution in [1.82, 2.24) is 15.1 Å². The van der Waals surface area contributed by atoms with Crippen LogP contribution in [0.2, 0.25) is 5.02 Å². The average molecular weight is 659 g/mol. The Bertz CT molecular complexity index is 1860. The zero-order valence-corrected chi connectivity index (χ0v) is 26.4. The van der Waals surface area contributed by atoms with E-state index in [-0.39, 0.29) is 35.0 Å². The molecule has 0 aliphatic carbocycles. The zero-order valence-electron chi connectivity index (χ0n) is 25.7. The molecular weight excluding hydrogens is 624 g/mol. The van der Waals surface area contributed by atoms with Gasteiger partial charge in [-0.3, -0.25) is 19.2 Å². The molecule has 12 heteroatoms. The van der Waals surface area contributed by atoms with E-state index in [1.54, 1.807) is 29.2 Å². The monoisotopic (exact) mass is 658 g/mol. The van der Waals surface area contributed by atoms with Crippen LogP contribution in [0.15, 0.2) is 75.9 Å². The normalized spacial score (nSPS) is 15.8. The van der Waals surface area contributed by atoms with Crippen molar-refractivity contribution >= 4 is 46.0 Å². The quantitative estimate of drug-likeness (QED) is 0.251. The van der Waals surface area contributed by atoms with Gasteiger partial charge in [0.05, 0.1) is 10.9 Å². The molecule has 0 saturated carbocycles. The number of amides is 3. The van der Waals surface area contributed by atoms with Gasteiger partial charge in [-0.2, -0.15) is 0 Å². The van der Waals surface area contributed by atoms with E-state index in [2.05, 4.69) is 10.2 Å². The molecule has 6 rings (SSSR count). The average Bonchev–Trinajstić information content (AvgIpc) is 3.09. The van der Waals surface area contributed by atoms with Crippen molar-refractivity contribution in [2.45, 2.75) is 31.7 Å². The number of rotatable bonds is 7. The number of likely N-dealkylation sites (tertiary alicyclic amines) is 1. The van der Waals surface area contributed by atoms with Crippen molar-refractivity contribution in [1.29, 1.82) is 0 Å². The van der Waals surface area contributed by atoms with Crippen LogP contribution in [0.3, 0.4) is 0 Å². The summed E-state index contributed by atoms with van der Waals surface area (Å²) in [6, 6.07) is 16.6. The van der Waals surface area contributed by atoms with E-state index in [9.17, 15) is 29.4 Å². The van der Waals surface area contributed by atoms with Gasteiger partial charge in [0.15, 0.2) is 22.7 Å². The van der Waals surface area contributed by atoms with Gasteiger partial charge >= 0.3 is 0 Å². The van der Waals surface area contributed by atoms with Crippen molar-refractivity contribution in [2.24, 2.45) is 0 Å². The molecule has 0 spiro atoms. The summed E-state index contributed by atoms with van der Waals surface area (Å²) < 4.78 is 5.61. The Kier molecular flexibility index (Phi) is 9.35. The number of halogens is 1. The summed E-state index contributed by atoms with van der Waals surface area (Å²) in [6.07, 6.45) is 3.29. The molecule has 1 aromatic heterocycles. The summed E-state index contributed by atoms with van der Waals surface area (Å²) >= 11 is 6.07. The Balaban J connectivity index is 1.19. The number of hydrogen-bond acceptors (Lipinski definition) is 8. The first kappa shape index (κ1) is 31.9. The topological polar surface area (TPSA) is 144 Å². The Morgan fingerprint density at radius 2 is 1.51 bits per heavy atom. The molecule has 3 aromatic carbocycles. The van der Waals surface area contributed by atoms with Gasteiger partial charge in [-0.25, -0.2) is 0 Å². The molecule has 11 nitrogen and oxygen atoms in total. The van der Waals surface area contributed by atoms with Crippen LogP contribution in [-0.4, -0.2) is 83.0 Å². The highest BCUT2D eigenvalue weighted by atomic mass is 35.5. The minimum Gasteiger partial charge on any atom is -0.504 e. The largest absolute Gasteiger partial charge is 0.504 e.